The molecule has 0 amide bonds. The van der Waals surface area contributed by atoms with Gasteiger partial charge in [0.05, 0.1) is 6.10 Å². The molecule has 1 unspecified atom stereocenters. The van der Waals surface area contributed by atoms with Crippen molar-refractivity contribution in [2.75, 3.05) is 13.2 Å². The van der Waals surface area contributed by atoms with Gasteiger partial charge in [0.2, 0.25) is 0 Å². The van der Waals surface area contributed by atoms with Crippen LogP contribution in [0.1, 0.15) is 45.1 Å². The Morgan fingerprint density at radius 3 is 2.57 bits per heavy atom. The minimum Gasteiger partial charge on any atom is -0.378 e. The van der Waals surface area contributed by atoms with Crippen molar-refractivity contribution in [2.45, 2.75) is 58.1 Å². The quantitative estimate of drug-likeness (QED) is 0.744. The zero-order valence-electron chi connectivity index (χ0n) is 13.3. The molecule has 2 rings (SSSR count). The smallest absolute Gasteiger partial charge is 0.123 e. The molecule has 0 aliphatic heterocycles. The third kappa shape index (κ3) is 5.40. The molecule has 0 bridgehead atoms. The summed E-state index contributed by atoms with van der Waals surface area (Å²) in [6.45, 7) is 6.13. The number of halogens is 1. The van der Waals surface area contributed by atoms with Crippen molar-refractivity contribution >= 4 is 0 Å². The van der Waals surface area contributed by atoms with Crippen LogP contribution >= 0.6 is 0 Å². The van der Waals surface area contributed by atoms with E-state index >= 15 is 0 Å². The van der Waals surface area contributed by atoms with Crippen LogP contribution in [0.3, 0.4) is 0 Å². The van der Waals surface area contributed by atoms with Crippen LogP contribution in [0.2, 0.25) is 0 Å². The van der Waals surface area contributed by atoms with Crippen molar-refractivity contribution in [3.8, 4) is 0 Å². The highest BCUT2D eigenvalue weighted by Crippen LogP contribution is 2.34. The minimum absolute atomic E-state index is 0.157. The van der Waals surface area contributed by atoms with Gasteiger partial charge in [-0.25, -0.2) is 4.39 Å². The molecule has 118 valence electrons. The summed E-state index contributed by atoms with van der Waals surface area (Å²) in [5, 5.41) is 3.64. The lowest BCUT2D eigenvalue weighted by molar-refractivity contribution is -0.0290. The van der Waals surface area contributed by atoms with E-state index in [1.165, 1.54) is 24.8 Å². The average molecular weight is 293 g/mol. The van der Waals surface area contributed by atoms with Gasteiger partial charge in [0.15, 0.2) is 0 Å². The summed E-state index contributed by atoms with van der Waals surface area (Å²) in [6.07, 6.45) is 6.20. The highest BCUT2D eigenvalue weighted by molar-refractivity contribution is 5.17. The van der Waals surface area contributed by atoms with Gasteiger partial charge in [-0.3, -0.25) is 0 Å². The van der Waals surface area contributed by atoms with E-state index in [1.54, 1.807) is 12.1 Å². The topological polar surface area (TPSA) is 21.3 Å². The summed E-state index contributed by atoms with van der Waals surface area (Å²) in [6, 6.07) is 7.41. The molecule has 1 atom stereocenters. The monoisotopic (exact) mass is 293 g/mol. The Morgan fingerprint density at radius 2 is 1.95 bits per heavy atom. The number of ether oxygens (including phenoxy) is 1. The fourth-order valence-electron chi connectivity index (χ4n) is 3.13. The van der Waals surface area contributed by atoms with Crippen molar-refractivity contribution in [2.24, 2.45) is 5.92 Å². The largest absolute Gasteiger partial charge is 0.378 e. The third-order valence-electron chi connectivity index (χ3n) is 4.29. The average Bonchev–Trinajstić information content (AvgIpc) is 2.44. The molecule has 0 aromatic heterocycles. The van der Waals surface area contributed by atoms with E-state index in [1.807, 2.05) is 12.1 Å². The van der Waals surface area contributed by atoms with Crippen LogP contribution < -0.4 is 5.32 Å². The second-order valence-electron chi connectivity index (χ2n) is 6.13. The summed E-state index contributed by atoms with van der Waals surface area (Å²) in [4.78, 5) is 0. The second-order valence-corrected chi connectivity index (χ2v) is 6.13. The second kappa shape index (κ2) is 8.50. The van der Waals surface area contributed by atoms with Crippen LogP contribution in [0.4, 0.5) is 4.39 Å². The highest BCUT2D eigenvalue weighted by Gasteiger charge is 2.31. The summed E-state index contributed by atoms with van der Waals surface area (Å²) in [5.74, 6) is 0.617. The number of hydrogen-bond donors (Lipinski definition) is 1. The molecular weight excluding hydrogens is 265 g/mol. The molecule has 0 heterocycles. The van der Waals surface area contributed by atoms with E-state index in [9.17, 15) is 4.39 Å². The van der Waals surface area contributed by atoms with Gasteiger partial charge in [-0.1, -0.05) is 19.1 Å². The first-order valence-corrected chi connectivity index (χ1v) is 8.30. The van der Waals surface area contributed by atoms with Crippen LogP contribution in [-0.2, 0) is 11.2 Å². The van der Waals surface area contributed by atoms with E-state index in [4.69, 9.17) is 4.74 Å². The first-order chi connectivity index (χ1) is 10.2. The molecule has 3 heteroatoms. The van der Waals surface area contributed by atoms with Gasteiger partial charge in [0, 0.05) is 12.6 Å². The molecule has 21 heavy (non-hydrogen) atoms. The van der Waals surface area contributed by atoms with Crippen molar-refractivity contribution in [1.82, 2.24) is 5.32 Å². The molecule has 2 nitrogen and oxygen atoms in total. The fraction of sp³-hybridized carbons (Fsp3) is 0.667. The first kappa shape index (κ1) is 16.4. The molecule has 0 radical (unpaired) electrons. The number of rotatable bonds is 9. The van der Waals surface area contributed by atoms with Crippen LogP contribution in [0.15, 0.2) is 24.3 Å². The molecule has 1 aliphatic rings. The summed E-state index contributed by atoms with van der Waals surface area (Å²) < 4.78 is 18.6. The SMILES string of the molecule is CCCNC(Cc1ccc(F)cc1)CC1CC(OCC)C1. The standard InChI is InChI=1S/C18H28FNO/c1-3-9-20-17(10-14-5-7-16(19)8-6-14)11-15-12-18(13-15)21-4-2/h5-8,15,17-18,20H,3-4,9-13H2,1-2H3. The van der Waals surface area contributed by atoms with Gasteiger partial charge < -0.3 is 10.1 Å². The van der Waals surface area contributed by atoms with Crippen molar-refractivity contribution in [1.29, 1.82) is 0 Å². The molecule has 1 aromatic rings. The van der Waals surface area contributed by atoms with Crippen molar-refractivity contribution in [3.05, 3.63) is 35.6 Å². The summed E-state index contributed by atoms with van der Waals surface area (Å²) >= 11 is 0. The van der Waals surface area contributed by atoms with Gasteiger partial charge in [-0.15, -0.1) is 0 Å². The summed E-state index contributed by atoms with van der Waals surface area (Å²) in [5.41, 5.74) is 1.21. The van der Waals surface area contributed by atoms with Crippen molar-refractivity contribution < 1.29 is 9.13 Å². The van der Waals surface area contributed by atoms with E-state index < -0.39 is 0 Å². The normalized spacial score (nSPS) is 22.8. The molecular formula is C18H28FNO. The Bertz CT molecular complexity index is 400. The number of benzene rings is 1. The van der Waals surface area contributed by atoms with Gasteiger partial charge in [0.1, 0.15) is 5.82 Å². The van der Waals surface area contributed by atoms with Crippen LogP contribution in [0.5, 0.6) is 0 Å². The minimum atomic E-state index is -0.157. The maximum atomic E-state index is 13.0. The van der Waals surface area contributed by atoms with Gasteiger partial charge in [-0.2, -0.15) is 0 Å². The van der Waals surface area contributed by atoms with Crippen LogP contribution in [-0.4, -0.2) is 25.3 Å². The molecule has 1 fully saturated rings. The zero-order valence-corrected chi connectivity index (χ0v) is 13.3. The third-order valence-corrected chi connectivity index (χ3v) is 4.29. The van der Waals surface area contributed by atoms with Gasteiger partial charge >= 0.3 is 0 Å². The maximum absolute atomic E-state index is 13.0. The maximum Gasteiger partial charge on any atom is 0.123 e. The molecule has 0 spiro atoms. The molecule has 1 N–H and O–H groups in total. The molecule has 1 aliphatic carbocycles. The van der Waals surface area contributed by atoms with E-state index in [-0.39, 0.29) is 5.82 Å². The Morgan fingerprint density at radius 1 is 1.24 bits per heavy atom. The lowest BCUT2D eigenvalue weighted by Crippen LogP contribution is -2.39. The lowest BCUT2D eigenvalue weighted by Gasteiger charge is -2.37. The van der Waals surface area contributed by atoms with Gasteiger partial charge in [-0.05, 0) is 69.2 Å². The molecule has 1 saturated carbocycles. The van der Waals surface area contributed by atoms with E-state index in [2.05, 4.69) is 19.2 Å². The number of nitrogens with one attached hydrogen (secondary N) is 1. The zero-order chi connectivity index (χ0) is 15.1. The van der Waals surface area contributed by atoms with Crippen molar-refractivity contribution in [3.63, 3.8) is 0 Å². The Kier molecular flexibility index (Phi) is 6.65. The fourth-order valence-corrected chi connectivity index (χ4v) is 3.13. The Hall–Kier alpha value is -0.930. The van der Waals surface area contributed by atoms with E-state index in [0.29, 0.717) is 12.1 Å². The first-order valence-electron chi connectivity index (χ1n) is 8.30. The predicted molar refractivity (Wildman–Crippen MR) is 84.9 cm³/mol. The van der Waals surface area contributed by atoms with Crippen LogP contribution in [0.25, 0.3) is 0 Å². The predicted octanol–water partition coefficient (Wildman–Crippen LogP) is 3.94. The van der Waals surface area contributed by atoms with Crippen LogP contribution in [0, 0.1) is 11.7 Å². The summed E-state index contributed by atoms with van der Waals surface area (Å²) in [7, 11) is 0. The lowest BCUT2D eigenvalue weighted by atomic mass is 9.77. The van der Waals surface area contributed by atoms with E-state index in [0.717, 1.165) is 31.9 Å². The Balaban J connectivity index is 1.81. The molecule has 1 aromatic carbocycles. The number of hydrogen-bond acceptors (Lipinski definition) is 2. The molecule has 0 saturated heterocycles. The Labute approximate surface area is 128 Å². The van der Waals surface area contributed by atoms with Gasteiger partial charge in [0.25, 0.3) is 0 Å². The highest BCUT2D eigenvalue weighted by atomic mass is 19.1.